The topological polar surface area (TPSA) is 96.0 Å². The van der Waals surface area contributed by atoms with Gasteiger partial charge in [-0.1, -0.05) is 24.3 Å². The Labute approximate surface area is 205 Å². The normalized spacial score (nSPS) is 15.7. The second-order valence-corrected chi connectivity index (χ2v) is 10.1. The van der Waals surface area contributed by atoms with Crippen LogP contribution in [0.3, 0.4) is 0 Å². The van der Waals surface area contributed by atoms with Gasteiger partial charge in [-0.05, 0) is 61.5 Å². The predicted molar refractivity (Wildman–Crippen MR) is 135 cm³/mol. The van der Waals surface area contributed by atoms with Gasteiger partial charge in [0.05, 0.1) is 23.1 Å². The summed E-state index contributed by atoms with van der Waals surface area (Å²) in [6, 6.07) is 22.0. The van der Waals surface area contributed by atoms with Crippen molar-refractivity contribution in [1.29, 1.82) is 0 Å². The summed E-state index contributed by atoms with van der Waals surface area (Å²) < 4.78 is 32.8. The number of sulfonamides is 1. The molecule has 8 nitrogen and oxygen atoms in total. The van der Waals surface area contributed by atoms with E-state index in [1.54, 1.807) is 65.6 Å². The summed E-state index contributed by atoms with van der Waals surface area (Å²) in [6.45, 7) is 2.69. The molecule has 0 spiro atoms. The fraction of sp³-hybridized carbons (Fsp3) is 0.231. The quantitative estimate of drug-likeness (QED) is 0.513. The van der Waals surface area contributed by atoms with Gasteiger partial charge in [0.25, 0.3) is 10.0 Å². The fourth-order valence-electron chi connectivity index (χ4n) is 3.94. The van der Waals surface area contributed by atoms with Gasteiger partial charge < -0.3 is 15.0 Å². The van der Waals surface area contributed by atoms with Crippen LogP contribution in [-0.2, 0) is 19.6 Å². The summed E-state index contributed by atoms with van der Waals surface area (Å²) in [7, 11) is -2.34. The third kappa shape index (κ3) is 5.30. The maximum atomic E-state index is 13.1. The zero-order valence-electron chi connectivity index (χ0n) is 19.5. The van der Waals surface area contributed by atoms with Crippen LogP contribution in [0, 0.1) is 5.92 Å². The van der Waals surface area contributed by atoms with Crippen LogP contribution in [0.25, 0.3) is 0 Å². The maximum absolute atomic E-state index is 13.1. The molecule has 9 heteroatoms. The Bertz CT molecular complexity index is 1310. The lowest BCUT2D eigenvalue weighted by Crippen LogP contribution is -2.28. The van der Waals surface area contributed by atoms with E-state index in [1.165, 1.54) is 23.5 Å². The molecule has 1 aliphatic rings. The van der Waals surface area contributed by atoms with Gasteiger partial charge in [0.1, 0.15) is 5.75 Å². The Morgan fingerprint density at radius 1 is 1.06 bits per heavy atom. The lowest BCUT2D eigenvalue weighted by molar-refractivity contribution is -0.122. The molecular formula is C26H27N3O5S. The van der Waals surface area contributed by atoms with Crippen LogP contribution in [0.1, 0.15) is 13.3 Å². The van der Waals surface area contributed by atoms with Gasteiger partial charge in [0.15, 0.2) is 0 Å². The van der Waals surface area contributed by atoms with E-state index >= 15 is 0 Å². The molecule has 35 heavy (non-hydrogen) atoms. The van der Waals surface area contributed by atoms with Crippen LogP contribution in [0.5, 0.6) is 5.75 Å². The van der Waals surface area contributed by atoms with Crippen molar-refractivity contribution >= 4 is 38.9 Å². The molecule has 4 rings (SSSR count). The molecule has 1 fully saturated rings. The highest BCUT2D eigenvalue weighted by Gasteiger charge is 2.35. The Kier molecular flexibility index (Phi) is 7.07. The van der Waals surface area contributed by atoms with E-state index in [2.05, 4.69) is 5.32 Å². The van der Waals surface area contributed by atoms with Gasteiger partial charge in [0.2, 0.25) is 11.8 Å². The minimum Gasteiger partial charge on any atom is -0.494 e. The summed E-state index contributed by atoms with van der Waals surface area (Å²) in [6.07, 6.45) is 0.0772. The van der Waals surface area contributed by atoms with E-state index < -0.39 is 15.9 Å². The molecule has 0 unspecified atom stereocenters. The van der Waals surface area contributed by atoms with E-state index in [4.69, 9.17) is 4.74 Å². The lowest BCUT2D eigenvalue weighted by atomic mass is 10.1. The number of nitrogens with zero attached hydrogens (tertiary/aromatic N) is 2. The highest BCUT2D eigenvalue weighted by Crippen LogP contribution is 2.28. The molecule has 1 heterocycles. The summed E-state index contributed by atoms with van der Waals surface area (Å²) in [5.41, 5.74) is 1.58. The summed E-state index contributed by atoms with van der Waals surface area (Å²) in [4.78, 5) is 27.1. The average molecular weight is 494 g/mol. The zero-order valence-corrected chi connectivity index (χ0v) is 20.4. The number of para-hydroxylation sites is 1. The molecule has 0 saturated carbocycles. The van der Waals surface area contributed by atoms with Gasteiger partial charge in [-0.2, -0.15) is 0 Å². The van der Waals surface area contributed by atoms with Crippen LogP contribution in [0.4, 0.5) is 17.1 Å². The molecular weight excluding hydrogens is 466 g/mol. The molecule has 0 aromatic heterocycles. The second kappa shape index (κ2) is 10.2. The van der Waals surface area contributed by atoms with E-state index in [0.717, 1.165) is 0 Å². The molecule has 3 aromatic rings. The maximum Gasteiger partial charge on any atom is 0.264 e. The average Bonchev–Trinajstić information content (AvgIpc) is 3.26. The van der Waals surface area contributed by atoms with Gasteiger partial charge >= 0.3 is 0 Å². The van der Waals surface area contributed by atoms with Crippen molar-refractivity contribution < 1.29 is 22.7 Å². The van der Waals surface area contributed by atoms with Crippen LogP contribution in [-0.4, -0.2) is 40.4 Å². The highest BCUT2D eigenvalue weighted by molar-refractivity contribution is 7.92. The molecule has 2 amide bonds. The largest absolute Gasteiger partial charge is 0.494 e. The number of amides is 2. The summed E-state index contributed by atoms with van der Waals surface area (Å²) in [5, 5.41) is 2.77. The van der Waals surface area contributed by atoms with Crippen LogP contribution < -0.4 is 19.3 Å². The van der Waals surface area contributed by atoms with Crippen LogP contribution >= 0.6 is 0 Å². The number of anilines is 3. The number of nitrogens with one attached hydrogen (secondary N) is 1. The first kappa shape index (κ1) is 24.3. The van der Waals surface area contributed by atoms with Crippen LogP contribution in [0.2, 0.25) is 0 Å². The Morgan fingerprint density at radius 3 is 2.46 bits per heavy atom. The number of rotatable bonds is 8. The number of ether oxygens (including phenoxy) is 1. The minimum atomic E-state index is -3.82. The highest BCUT2D eigenvalue weighted by atomic mass is 32.2. The molecule has 1 aliphatic heterocycles. The molecule has 1 N–H and O–H groups in total. The standard InChI is InChI=1S/C26H27N3O5S/c1-3-34-23-14-12-22(13-15-23)29-18-19(16-25(29)30)26(31)27-20-8-7-11-24(17-20)35(32,33)28(2)21-9-5-4-6-10-21/h4-15,17,19H,3,16,18H2,1-2H3,(H,27,31)/t19-/m0/s1. The van der Waals surface area contributed by atoms with Crippen molar-refractivity contribution in [2.24, 2.45) is 5.92 Å². The Hall–Kier alpha value is -3.85. The number of hydrogen-bond donors (Lipinski definition) is 1. The van der Waals surface area contributed by atoms with E-state index in [-0.39, 0.29) is 29.7 Å². The van der Waals surface area contributed by atoms with Crippen molar-refractivity contribution in [3.05, 3.63) is 78.9 Å². The van der Waals surface area contributed by atoms with Crippen LogP contribution in [0.15, 0.2) is 83.8 Å². The van der Waals surface area contributed by atoms with Gasteiger partial charge in [-0.15, -0.1) is 0 Å². The van der Waals surface area contributed by atoms with E-state index in [0.29, 0.717) is 29.4 Å². The molecule has 0 radical (unpaired) electrons. The molecule has 1 atom stereocenters. The smallest absolute Gasteiger partial charge is 0.264 e. The lowest BCUT2D eigenvalue weighted by Gasteiger charge is -2.20. The Balaban J connectivity index is 1.45. The minimum absolute atomic E-state index is 0.0557. The van der Waals surface area contributed by atoms with Crippen molar-refractivity contribution in [2.75, 3.05) is 34.7 Å². The van der Waals surface area contributed by atoms with Gasteiger partial charge in [-0.3, -0.25) is 13.9 Å². The first-order valence-corrected chi connectivity index (χ1v) is 12.7. The number of carbonyl (C=O) groups is 2. The number of carbonyl (C=O) groups excluding carboxylic acids is 2. The van der Waals surface area contributed by atoms with Gasteiger partial charge in [-0.25, -0.2) is 8.42 Å². The zero-order chi connectivity index (χ0) is 25.0. The summed E-state index contributed by atoms with van der Waals surface area (Å²) in [5.74, 6) is -0.320. The first-order valence-electron chi connectivity index (χ1n) is 11.3. The third-order valence-corrected chi connectivity index (χ3v) is 7.62. The van der Waals surface area contributed by atoms with Gasteiger partial charge in [0, 0.05) is 31.4 Å². The third-order valence-electron chi connectivity index (χ3n) is 5.83. The Morgan fingerprint density at radius 2 is 1.77 bits per heavy atom. The van der Waals surface area contributed by atoms with Crippen molar-refractivity contribution in [2.45, 2.75) is 18.2 Å². The first-order chi connectivity index (χ1) is 16.8. The van der Waals surface area contributed by atoms with E-state index in [1.807, 2.05) is 13.0 Å². The molecule has 1 saturated heterocycles. The monoisotopic (exact) mass is 493 g/mol. The molecule has 0 bridgehead atoms. The second-order valence-electron chi connectivity index (χ2n) is 8.16. The predicted octanol–water partition coefficient (Wildman–Crippen LogP) is 3.90. The van der Waals surface area contributed by atoms with Crippen molar-refractivity contribution in [1.82, 2.24) is 0 Å². The van der Waals surface area contributed by atoms with Crippen molar-refractivity contribution in [3.63, 3.8) is 0 Å². The van der Waals surface area contributed by atoms with E-state index in [9.17, 15) is 18.0 Å². The molecule has 182 valence electrons. The SMILES string of the molecule is CCOc1ccc(N2C[C@@H](C(=O)Nc3cccc(S(=O)(=O)N(C)c4ccccc4)c3)CC2=O)cc1. The fourth-order valence-corrected chi connectivity index (χ4v) is 5.18. The van der Waals surface area contributed by atoms with Crippen molar-refractivity contribution in [3.8, 4) is 5.75 Å². The summed E-state index contributed by atoms with van der Waals surface area (Å²) >= 11 is 0. The molecule has 3 aromatic carbocycles. The molecule has 0 aliphatic carbocycles. The number of hydrogen-bond acceptors (Lipinski definition) is 5. The number of benzene rings is 3.